The van der Waals surface area contributed by atoms with Crippen molar-refractivity contribution in [1.29, 1.82) is 15.8 Å². The number of hydrogen-bond donors (Lipinski definition) is 2. The normalized spacial score (nSPS) is 28.5. The smallest absolute Gasteiger partial charge is 0.176 e. The molecule has 9 aromatic rings. The van der Waals surface area contributed by atoms with Gasteiger partial charge in [-0.15, -0.1) is 0 Å². The summed E-state index contributed by atoms with van der Waals surface area (Å²) in [6.45, 7) is 12.6. The number of carbonyl (C=O) groups is 1. The zero-order valence-electron chi connectivity index (χ0n) is 117. The van der Waals surface area contributed by atoms with E-state index in [4.69, 9.17) is 117 Å². The maximum Gasteiger partial charge on any atom is 0.176 e. The highest BCUT2D eigenvalue weighted by Gasteiger charge is 2.55. The minimum Gasteiger partial charge on any atom is -0.511 e. The van der Waals surface area contributed by atoms with Crippen molar-refractivity contribution in [2.24, 2.45) is 35.5 Å². The number of pyridine rings is 3. The van der Waals surface area contributed by atoms with Crippen LogP contribution < -0.4 is 0 Å². The summed E-state index contributed by atoms with van der Waals surface area (Å²) in [7, 11) is 0. The van der Waals surface area contributed by atoms with Gasteiger partial charge in [-0.25, -0.2) is 58.9 Å². The monoisotopic (exact) mass is 1540 g/mol. The van der Waals surface area contributed by atoms with Crippen LogP contribution in [0.2, 0.25) is 0 Å². The summed E-state index contributed by atoms with van der Waals surface area (Å²) in [6, 6.07) is 24.5. The van der Waals surface area contributed by atoms with Crippen molar-refractivity contribution >= 4 is 21.7 Å². The highest BCUT2D eigenvalue weighted by molar-refractivity contribution is 9.10. The van der Waals surface area contributed by atoms with Crippen LogP contribution in [-0.2, 0) is 40.3 Å². The van der Waals surface area contributed by atoms with E-state index in [-0.39, 0.29) is 69.2 Å². The Morgan fingerprint density at radius 3 is 1.28 bits per heavy atom. The molecule has 0 saturated heterocycles. The van der Waals surface area contributed by atoms with Crippen LogP contribution >= 0.6 is 15.9 Å². The Bertz CT molecular complexity index is 4980. The number of Topliss-reactive ketones (excluding diaryl/α,β-unsaturated/α-hetero) is 1. The molecule has 8 aliphatic rings. The summed E-state index contributed by atoms with van der Waals surface area (Å²) < 4.78 is 317. The summed E-state index contributed by atoms with van der Waals surface area (Å²) in [5.41, 5.74) is 13.9. The molecule has 8 aliphatic carbocycles. The van der Waals surface area contributed by atoms with E-state index in [1.807, 2.05) is 89.7 Å². The van der Waals surface area contributed by atoms with Gasteiger partial charge in [-0.3, -0.25) is 4.79 Å². The maximum atomic E-state index is 12.8. The molecule has 0 radical (unpaired) electrons. The van der Waals surface area contributed by atoms with E-state index >= 15 is 0 Å². The van der Waals surface area contributed by atoms with Crippen LogP contribution in [0, 0.1) is 69.5 Å². The number of rotatable bonds is 8. The molecular formula is C75H133BrN18O3. The Labute approximate surface area is 665 Å². The second kappa shape index (κ2) is 24.4. The molecule has 0 bridgehead atoms. The van der Waals surface area contributed by atoms with E-state index in [0.29, 0.717) is 41.6 Å². The molecule has 2 fully saturated rings. The predicted molar refractivity (Wildman–Crippen MR) is 428 cm³/mol. The lowest BCUT2D eigenvalue weighted by atomic mass is 9.56. The quantitative estimate of drug-likeness (QED) is 0.143. The van der Waals surface area contributed by atoms with Crippen molar-refractivity contribution < 1.29 is 107 Å². The van der Waals surface area contributed by atoms with E-state index in [0.717, 1.165) is 123 Å². The molecule has 21 nitrogen and oxygen atoms in total. The first kappa shape index (κ1) is 36.8. The molecule has 0 aliphatic heterocycles. The summed E-state index contributed by atoms with van der Waals surface area (Å²) in [5, 5.41) is 65.6. The summed E-state index contributed by atoms with van der Waals surface area (Å²) in [6.07, 6.45) is 28.4. The van der Waals surface area contributed by atoms with Gasteiger partial charge in [0.2, 0.25) is 0 Å². The number of hydrogen-bond acceptors (Lipinski definition) is 18. The summed E-state index contributed by atoms with van der Waals surface area (Å²) in [4.78, 5) is 52.6. The van der Waals surface area contributed by atoms with Crippen LogP contribution in [0.5, 0.6) is 0 Å². The lowest BCUT2D eigenvalue weighted by molar-refractivity contribution is -0.121. The lowest BCUT2D eigenvalue weighted by Crippen LogP contribution is -2.46. The van der Waals surface area contributed by atoms with Gasteiger partial charge in [-0.2, -0.15) is 31.1 Å². The fourth-order valence-corrected chi connectivity index (χ4v) is 17.6. The molecule has 9 atom stereocenters. The van der Waals surface area contributed by atoms with Crippen LogP contribution in [-0.4, -0.2) is 90.2 Å². The number of allylic oxidation sites excluding steroid dienone is 6. The Balaban J connectivity index is -0.000000102. The number of ketones is 1. The minimum absolute atomic E-state index is 0.0579. The number of nitriles is 3. The number of aliphatic hydroxyl groups is 2. The van der Waals surface area contributed by atoms with Gasteiger partial charge in [0, 0.05) is 184 Å². The zero-order chi connectivity index (χ0) is 129. The number of aliphatic hydroxyl groups excluding tert-OH is 2. The molecule has 0 amide bonds. The van der Waals surface area contributed by atoms with Gasteiger partial charge in [0.15, 0.2) is 23.2 Å². The molecule has 0 aromatic carbocycles. The van der Waals surface area contributed by atoms with E-state index in [9.17, 15) is 30.8 Å². The van der Waals surface area contributed by atoms with Gasteiger partial charge in [0.05, 0.1) is 63.0 Å². The first-order valence-electron chi connectivity index (χ1n) is 64.5. The molecule has 17 rings (SSSR count). The van der Waals surface area contributed by atoms with Gasteiger partial charge in [-0.05, 0) is 176 Å². The topological polar surface area (TPSA) is 298 Å². The van der Waals surface area contributed by atoms with Crippen LogP contribution in [0.15, 0.2) is 150 Å². The van der Waals surface area contributed by atoms with Crippen LogP contribution in [0.3, 0.4) is 0 Å². The number of halogens is 1. The maximum absolute atomic E-state index is 12.8. The number of nitrogens with zero attached hydrogens (tertiary/aromatic N) is 18. The first-order valence-corrected chi connectivity index (χ1v) is 34.3. The largest absolute Gasteiger partial charge is 0.511 e. The molecule has 548 valence electrons. The van der Waals surface area contributed by atoms with Crippen LogP contribution in [0.4, 0.5) is 0 Å². The second-order valence-electron chi connectivity index (χ2n) is 28.1. The van der Waals surface area contributed by atoms with Gasteiger partial charge in [-0.1, -0.05) is 59.8 Å². The third-order valence-electron chi connectivity index (χ3n) is 22.4. The highest BCUT2D eigenvalue weighted by Crippen LogP contribution is 2.58. The zero-order valence-corrected chi connectivity index (χ0v) is 56.4. The fourth-order valence-electron chi connectivity index (χ4n) is 17.3. The minimum atomic E-state index is -0.513. The van der Waals surface area contributed by atoms with Gasteiger partial charge >= 0.3 is 0 Å². The molecule has 0 spiro atoms. The van der Waals surface area contributed by atoms with Crippen molar-refractivity contribution in [3.8, 4) is 69.8 Å². The van der Waals surface area contributed by atoms with Gasteiger partial charge in [0.25, 0.3) is 0 Å². The highest BCUT2D eigenvalue weighted by atomic mass is 79.9. The molecule has 9 heterocycles. The van der Waals surface area contributed by atoms with Crippen molar-refractivity contribution in [1.82, 2.24) is 74.2 Å². The third-order valence-corrected chi connectivity index (χ3v) is 22.9. The molecule has 9 aromatic heterocycles. The molecule has 2 N–H and O–H groups in total. The molecule has 22 heteroatoms. The van der Waals surface area contributed by atoms with Crippen molar-refractivity contribution in [3.05, 3.63) is 194 Å². The van der Waals surface area contributed by atoms with E-state index < -0.39 is 5.41 Å². The number of fused-ring (bicyclic) bond motifs is 9. The van der Waals surface area contributed by atoms with Crippen LogP contribution in [0.1, 0.15) is 248 Å². The second-order valence-corrected chi connectivity index (χ2v) is 29.0. The van der Waals surface area contributed by atoms with Crippen LogP contribution in [0.25, 0.3) is 51.6 Å². The Morgan fingerprint density at radius 2 is 0.918 bits per heavy atom. The van der Waals surface area contributed by atoms with Crippen molar-refractivity contribution in [3.63, 3.8) is 0 Å². The Hall–Kier alpha value is -10.2. The molecular weight excluding hydrogens is 1280 g/mol. The summed E-state index contributed by atoms with van der Waals surface area (Å²) in [5.74, 6) is 4.03. The van der Waals surface area contributed by atoms with Crippen molar-refractivity contribution in [2.45, 2.75) is 147 Å². The SMILES string of the molecule is C[C@H]1C(=O)C(C#N)=C[C@@]2(C)c3c(c(-c4ccncn4)nn3-c3ccc(C4CC4)cn3)CC[C@H]12.C[C@H]1C(O)=C(C#N)C[C@@]2(C)c3c(c(-c4ccncn4)nn3-c3ccc(Br)cn3)CC[C@H]12.C[C@H]1C(O)=C(C#N)C[C@@]2(C)c3c(c(-c4ccncn4)nn3-c3ccc(C4CC4)cn3)CC[C@H]12.[3H][3H].[3H][3H].[3H][3H].[3H][3H].[3H][3H].[3H][3H].[3H][3H].[3H][3H].[3H][3H].[3H][3H].[3H][3H].[3H][3H].[3H][3H].[3H][3H].[3H][3H].[3H][3H].[3H][3H].[3H][3H].[3H][3H].[3H][3H].[3H][3H].[3H][3H].[3H][3H].[3H][3H].[3H][3H].[3H][3H].[3H][3H].[3H][3H].[3H][3H].[3H][3H].[3H][3H]. The van der Waals surface area contributed by atoms with E-state index in [1.54, 1.807) is 31.1 Å². The number of aromatic nitrogens is 15. The average molecular weight is 1540 g/mol. The van der Waals surface area contributed by atoms with Crippen molar-refractivity contribution in [2.75, 3.05) is 0 Å². The molecule has 0 unspecified atom stereocenters. The molecule has 2 saturated carbocycles. The van der Waals surface area contributed by atoms with E-state index in [1.165, 1.54) is 49.5 Å². The number of carbonyl (C=O) groups excluding carboxylic acids is 1. The fraction of sp³-hybridized carbons (Fsp3) is 0.387. The lowest BCUT2D eigenvalue weighted by Gasteiger charge is -2.47. The van der Waals surface area contributed by atoms with Gasteiger partial charge in [0.1, 0.15) is 53.7 Å². The Kier molecular flexibility index (Phi) is 9.26. The van der Waals surface area contributed by atoms with E-state index in [2.05, 4.69) is 108 Å². The standard InChI is InChI=1S/C26H26N6O.C26H24N6O.C23H21BrN6O.31H2/c2*1-15-20-7-6-19-23(21-9-10-28-14-30-21)31-32(22-8-5-17(13-29-22)16-3-4-16)25(19)26(20,2)11-18(12-27)24(15)33;1-13-17-5-4-16-20(18-7-8-26-12-28-18)29-30(19-6-3-15(24)11-27-19)22(16)23(17,2)9-14(10-25)21(13)31;;;;;;;;;;;;;;;;;;;;;;;;;;;;;;;/h5,8-10,13-16,20,33H,3-4,6-7,11H2,1-2H3;5,8-11,13-16,20H,3-4,6-7H2,1-2H3;3,6-8,11-13,17,31H,4-5,9H2,1-2H3;31*1H/t2*15-,20-,26-;13-,17-,23-;;;;;;;;;;;;;;;;;;;;;;;;;;;;;;;/m111.............................../s1/i;;;31*1+2T. The molecule has 97 heavy (non-hydrogen) atoms. The predicted octanol–water partition coefficient (Wildman–Crippen LogP) is 21.2. The Morgan fingerprint density at radius 1 is 0.515 bits per heavy atom. The average Bonchev–Trinajstić information content (AvgIpc) is 1.59. The third kappa shape index (κ3) is 10.6. The first-order chi connectivity index (χ1) is 78.0. The van der Waals surface area contributed by atoms with Gasteiger partial charge < -0.3 is 10.2 Å². The summed E-state index contributed by atoms with van der Waals surface area (Å²) >= 11 is 3.45.